The quantitative estimate of drug-likeness (QED) is 0.788. The number of para-hydroxylation sites is 1. The molecule has 0 spiro atoms. The van der Waals surface area contributed by atoms with E-state index in [9.17, 15) is 8.42 Å². The minimum absolute atomic E-state index is 0.0155. The van der Waals surface area contributed by atoms with Crippen LogP contribution in [-0.2, 0) is 10.0 Å². The summed E-state index contributed by atoms with van der Waals surface area (Å²) in [4.78, 5) is 2.20. The van der Waals surface area contributed by atoms with Gasteiger partial charge in [-0.3, -0.25) is 0 Å². The smallest absolute Gasteiger partial charge is 0.240 e. The number of hydrogen-bond donors (Lipinski definition) is 2. The molecule has 0 amide bonds. The summed E-state index contributed by atoms with van der Waals surface area (Å²) in [5, 5.41) is 5.17. The van der Waals surface area contributed by atoms with Crippen molar-refractivity contribution in [2.45, 2.75) is 37.1 Å². The summed E-state index contributed by atoms with van der Waals surface area (Å²) in [6, 6.07) is 5.49. The normalized spacial score (nSPS) is 15.7. The van der Waals surface area contributed by atoms with Gasteiger partial charge in [-0.15, -0.1) is 0 Å². The van der Waals surface area contributed by atoms with Crippen molar-refractivity contribution < 1.29 is 8.42 Å². The van der Waals surface area contributed by atoms with Crippen molar-refractivity contribution in [3.05, 3.63) is 18.2 Å². The highest BCUT2D eigenvalue weighted by atomic mass is 32.2. The van der Waals surface area contributed by atoms with Crippen molar-refractivity contribution in [2.24, 2.45) is 5.14 Å². The molecule has 18 heavy (non-hydrogen) atoms. The average molecular weight is 269 g/mol. The molecule has 0 unspecified atom stereocenters. The Kier molecular flexibility index (Phi) is 3.49. The van der Waals surface area contributed by atoms with Gasteiger partial charge in [0.05, 0.1) is 11.4 Å². The molecule has 1 aromatic carbocycles. The number of benzene rings is 1. The lowest BCUT2D eigenvalue weighted by atomic mass is 10.2. The predicted octanol–water partition coefficient (Wildman–Crippen LogP) is 1.30. The van der Waals surface area contributed by atoms with Crippen LogP contribution >= 0.6 is 0 Å². The van der Waals surface area contributed by atoms with E-state index in [2.05, 4.69) is 11.8 Å². The summed E-state index contributed by atoms with van der Waals surface area (Å²) >= 11 is 0. The summed E-state index contributed by atoms with van der Waals surface area (Å²) in [6.45, 7) is 2.97. The van der Waals surface area contributed by atoms with Crippen molar-refractivity contribution in [3.63, 3.8) is 0 Å². The molecular weight excluding hydrogens is 250 g/mol. The van der Waals surface area contributed by atoms with Gasteiger partial charge in [-0.05, 0) is 31.4 Å². The minimum atomic E-state index is -3.76. The highest BCUT2D eigenvalue weighted by Crippen LogP contribution is 2.37. The highest BCUT2D eigenvalue weighted by molar-refractivity contribution is 7.89. The largest absolute Gasteiger partial charge is 0.396 e. The van der Waals surface area contributed by atoms with E-state index in [-0.39, 0.29) is 10.6 Å². The second-order valence-electron chi connectivity index (χ2n) is 4.66. The first-order valence-corrected chi connectivity index (χ1v) is 7.67. The summed E-state index contributed by atoms with van der Waals surface area (Å²) in [5.41, 5.74) is 7.01. The number of rotatable bonds is 5. The van der Waals surface area contributed by atoms with E-state index in [1.54, 1.807) is 6.07 Å². The first-order valence-electron chi connectivity index (χ1n) is 6.13. The van der Waals surface area contributed by atoms with Crippen LogP contribution in [0, 0.1) is 0 Å². The Morgan fingerprint density at radius 2 is 2.06 bits per heavy atom. The molecule has 5 nitrogen and oxygen atoms in total. The van der Waals surface area contributed by atoms with Crippen molar-refractivity contribution in [2.75, 3.05) is 17.2 Å². The molecular formula is C12H19N3O2S. The Bertz CT molecular complexity index is 538. The third-order valence-corrected chi connectivity index (χ3v) is 4.08. The Morgan fingerprint density at radius 3 is 2.56 bits per heavy atom. The fraction of sp³-hybridized carbons (Fsp3) is 0.500. The number of anilines is 2. The van der Waals surface area contributed by atoms with Gasteiger partial charge in [-0.2, -0.15) is 0 Å². The van der Waals surface area contributed by atoms with Gasteiger partial charge in [0, 0.05) is 12.6 Å². The van der Waals surface area contributed by atoms with E-state index in [0.29, 0.717) is 6.04 Å². The lowest BCUT2D eigenvalue weighted by Crippen LogP contribution is -2.28. The van der Waals surface area contributed by atoms with Gasteiger partial charge in [0.15, 0.2) is 0 Å². The van der Waals surface area contributed by atoms with Crippen LogP contribution in [0.5, 0.6) is 0 Å². The van der Waals surface area contributed by atoms with Gasteiger partial charge in [0.1, 0.15) is 4.90 Å². The molecule has 0 saturated heterocycles. The SMILES string of the molecule is CCCN(c1cccc(S(N)(=O)=O)c1N)C1CC1. The molecule has 6 heteroatoms. The van der Waals surface area contributed by atoms with Gasteiger partial charge in [-0.25, -0.2) is 13.6 Å². The van der Waals surface area contributed by atoms with Gasteiger partial charge < -0.3 is 10.6 Å². The van der Waals surface area contributed by atoms with Crippen LogP contribution in [0.1, 0.15) is 26.2 Å². The van der Waals surface area contributed by atoms with Crippen LogP contribution in [-0.4, -0.2) is 21.0 Å². The Labute approximate surface area is 108 Å². The zero-order valence-corrected chi connectivity index (χ0v) is 11.3. The molecule has 1 aliphatic carbocycles. The number of nitrogens with two attached hydrogens (primary N) is 2. The number of primary sulfonamides is 1. The van der Waals surface area contributed by atoms with E-state index in [4.69, 9.17) is 10.9 Å². The number of hydrogen-bond acceptors (Lipinski definition) is 4. The topological polar surface area (TPSA) is 89.4 Å². The second kappa shape index (κ2) is 4.78. The summed E-state index contributed by atoms with van der Waals surface area (Å²) in [6.07, 6.45) is 3.27. The standard InChI is InChI=1S/C12H19N3O2S/c1-2-8-15(9-6-7-9)10-4-3-5-11(12(10)13)18(14,16)17/h3-5,9H,2,6-8,13H2,1H3,(H2,14,16,17). The first-order chi connectivity index (χ1) is 8.45. The molecule has 0 aliphatic heterocycles. The average Bonchev–Trinajstić information content (AvgIpc) is 3.09. The summed E-state index contributed by atoms with van der Waals surface area (Å²) in [7, 11) is -3.76. The zero-order chi connectivity index (χ0) is 13.3. The molecule has 1 aromatic rings. The van der Waals surface area contributed by atoms with E-state index >= 15 is 0 Å². The van der Waals surface area contributed by atoms with Gasteiger partial charge in [0.2, 0.25) is 10.0 Å². The molecule has 100 valence electrons. The van der Waals surface area contributed by atoms with Crippen LogP contribution in [0.3, 0.4) is 0 Å². The van der Waals surface area contributed by atoms with E-state index in [0.717, 1.165) is 31.5 Å². The van der Waals surface area contributed by atoms with Gasteiger partial charge >= 0.3 is 0 Å². The minimum Gasteiger partial charge on any atom is -0.396 e. The fourth-order valence-corrected chi connectivity index (χ4v) is 2.84. The van der Waals surface area contributed by atoms with Crippen LogP contribution in [0.2, 0.25) is 0 Å². The van der Waals surface area contributed by atoms with E-state index < -0.39 is 10.0 Å². The first kappa shape index (κ1) is 13.2. The Hall–Kier alpha value is -1.27. The van der Waals surface area contributed by atoms with E-state index in [1.807, 2.05) is 6.07 Å². The summed E-state index contributed by atoms with van der Waals surface area (Å²) < 4.78 is 22.9. The molecule has 0 bridgehead atoms. The number of sulfonamides is 1. The molecule has 0 atom stereocenters. The maximum Gasteiger partial charge on any atom is 0.240 e. The van der Waals surface area contributed by atoms with Crippen molar-refractivity contribution >= 4 is 21.4 Å². The lowest BCUT2D eigenvalue weighted by molar-refractivity contribution is 0.598. The Morgan fingerprint density at radius 1 is 1.39 bits per heavy atom. The van der Waals surface area contributed by atoms with Crippen LogP contribution in [0.25, 0.3) is 0 Å². The molecule has 0 aromatic heterocycles. The highest BCUT2D eigenvalue weighted by Gasteiger charge is 2.30. The zero-order valence-electron chi connectivity index (χ0n) is 10.5. The molecule has 0 radical (unpaired) electrons. The monoisotopic (exact) mass is 269 g/mol. The Balaban J connectivity index is 2.44. The number of nitrogens with zero attached hydrogens (tertiary/aromatic N) is 1. The maximum absolute atomic E-state index is 11.5. The predicted molar refractivity (Wildman–Crippen MR) is 72.9 cm³/mol. The van der Waals surface area contributed by atoms with Gasteiger partial charge in [-0.1, -0.05) is 13.0 Å². The van der Waals surface area contributed by atoms with E-state index in [1.165, 1.54) is 6.07 Å². The van der Waals surface area contributed by atoms with Crippen LogP contribution in [0.4, 0.5) is 11.4 Å². The van der Waals surface area contributed by atoms with Crippen molar-refractivity contribution in [1.82, 2.24) is 0 Å². The third-order valence-electron chi connectivity index (χ3n) is 3.11. The summed E-state index contributed by atoms with van der Waals surface area (Å²) in [5.74, 6) is 0. The molecule has 0 heterocycles. The molecule has 4 N–H and O–H groups in total. The van der Waals surface area contributed by atoms with Crippen LogP contribution in [0.15, 0.2) is 23.1 Å². The maximum atomic E-state index is 11.5. The molecule has 1 fully saturated rings. The molecule has 1 aliphatic rings. The molecule has 2 rings (SSSR count). The second-order valence-corrected chi connectivity index (χ2v) is 6.19. The van der Waals surface area contributed by atoms with Crippen LogP contribution < -0.4 is 15.8 Å². The van der Waals surface area contributed by atoms with Crippen molar-refractivity contribution in [3.8, 4) is 0 Å². The lowest BCUT2D eigenvalue weighted by Gasteiger charge is -2.26. The fourth-order valence-electron chi connectivity index (χ4n) is 2.16. The molecule has 1 saturated carbocycles. The number of nitrogen functional groups attached to an aromatic ring is 1. The van der Waals surface area contributed by atoms with Crippen molar-refractivity contribution in [1.29, 1.82) is 0 Å². The van der Waals surface area contributed by atoms with Gasteiger partial charge in [0.25, 0.3) is 0 Å². The third kappa shape index (κ3) is 2.59.